The predicted molar refractivity (Wildman–Crippen MR) is 263 cm³/mol. The Kier molecular flexibility index (Phi) is 8.53. The van der Waals surface area contributed by atoms with Gasteiger partial charge in [-0.05, 0) is 113 Å². The van der Waals surface area contributed by atoms with E-state index in [1.54, 1.807) is 0 Å². The standard InChI is InChI=1S/C60H39NO/c1-3-16-44(17-4-1)58-53-24-10-9-22-50(53)51-38-37-47(39-55(51)59(58)45-18-5-2-6-19-45)61(56-27-14-26-54-52-23-11-12-28-57(52)62-60(54)56)46-35-33-41(34-36-46)40-29-31-43(32-30-40)49-25-13-20-42-15-7-8-21-48(42)49/h1-39H. The van der Waals surface area contributed by atoms with Crippen molar-refractivity contribution in [2.45, 2.75) is 0 Å². The summed E-state index contributed by atoms with van der Waals surface area (Å²) in [5.74, 6) is 0. The van der Waals surface area contributed by atoms with E-state index in [0.29, 0.717) is 0 Å². The molecule has 2 heteroatoms. The average molecular weight is 790 g/mol. The van der Waals surface area contributed by atoms with Crippen LogP contribution in [-0.4, -0.2) is 0 Å². The molecule has 11 aromatic carbocycles. The summed E-state index contributed by atoms with van der Waals surface area (Å²) in [6.45, 7) is 0. The molecule has 0 amide bonds. The predicted octanol–water partition coefficient (Wildman–Crippen LogP) is 17.2. The fraction of sp³-hybridized carbons (Fsp3) is 0. The fourth-order valence-electron chi connectivity index (χ4n) is 9.59. The lowest BCUT2D eigenvalue weighted by Gasteiger charge is -2.27. The molecule has 1 aromatic heterocycles. The fourth-order valence-corrected chi connectivity index (χ4v) is 9.59. The van der Waals surface area contributed by atoms with Crippen LogP contribution in [0.3, 0.4) is 0 Å². The van der Waals surface area contributed by atoms with Crippen LogP contribution in [0.1, 0.15) is 0 Å². The first kappa shape index (κ1) is 35.7. The minimum Gasteiger partial charge on any atom is -0.454 e. The Morgan fingerprint density at radius 2 is 0.806 bits per heavy atom. The van der Waals surface area contributed by atoms with Gasteiger partial charge in [0.2, 0.25) is 0 Å². The molecule has 1 heterocycles. The summed E-state index contributed by atoms with van der Waals surface area (Å²) in [6.07, 6.45) is 0. The number of para-hydroxylation sites is 2. The van der Waals surface area contributed by atoms with Gasteiger partial charge in [0.25, 0.3) is 0 Å². The molecule has 0 radical (unpaired) electrons. The van der Waals surface area contributed by atoms with Crippen LogP contribution in [0.2, 0.25) is 0 Å². The van der Waals surface area contributed by atoms with Crippen LogP contribution in [0.25, 0.3) is 98.8 Å². The Balaban J connectivity index is 1.05. The van der Waals surface area contributed by atoms with Gasteiger partial charge in [-0.2, -0.15) is 0 Å². The number of nitrogens with zero attached hydrogens (tertiary/aromatic N) is 1. The molecule has 0 saturated heterocycles. The van der Waals surface area contributed by atoms with Crippen molar-refractivity contribution in [3.63, 3.8) is 0 Å². The topological polar surface area (TPSA) is 16.4 Å². The molecule has 0 spiro atoms. The number of hydrogen-bond donors (Lipinski definition) is 0. The molecule has 0 fully saturated rings. The van der Waals surface area contributed by atoms with Crippen LogP contribution >= 0.6 is 0 Å². The summed E-state index contributed by atoms with van der Waals surface area (Å²) < 4.78 is 6.75. The van der Waals surface area contributed by atoms with Crippen molar-refractivity contribution in [2.24, 2.45) is 0 Å². The van der Waals surface area contributed by atoms with Gasteiger partial charge < -0.3 is 9.32 Å². The Morgan fingerprint density at radius 3 is 1.55 bits per heavy atom. The Bertz CT molecular complexity index is 3600. The second-order valence-corrected chi connectivity index (χ2v) is 16.0. The highest BCUT2D eigenvalue weighted by atomic mass is 16.3. The van der Waals surface area contributed by atoms with Gasteiger partial charge in [-0.3, -0.25) is 0 Å². The van der Waals surface area contributed by atoms with Crippen molar-refractivity contribution in [3.8, 4) is 44.5 Å². The van der Waals surface area contributed by atoms with Crippen molar-refractivity contribution >= 4 is 71.3 Å². The third-order valence-corrected chi connectivity index (χ3v) is 12.5. The highest BCUT2D eigenvalue weighted by Crippen LogP contribution is 2.48. The Morgan fingerprint density at radius 1 is 0.290 bits per heavy atom. The molecule has 62 heavy (non-hydrogen) atoms. The second-order valence-electron chi connectivity index (χ2n) is 16.0. The third kappa shape index (κ3) is 5.96. The smallest absolute Gasteiger partial charge is 0.159 e. The van der Waals surface area contributed by atoms with Crippen LogP contribution in [0.4, 0.5) is 17.1 Å². The summed E-state index contributed by atoms with van der Waals surface area (Å²) in [6, 6.07) is 85.4. The zero-order valence-corrected chi connectivity index (χ0v) is 33.9. The largest absolute Gasteiger partial charge is 0.454 e. The van der Waals surface area contributed by atoms with E-state index < -0.39 is 0 Å². The number of benzene rings is 11. The van der Waals surface area contributed by atoms with Gasteiger partial charge in [-0.15, -0.1) is 0 Å². The second kappa shape index (κ2) is 14.8. The molecular weight excluding hydrogens is 751 g/mol. The van der Waals surface area contributed by atoms with E-state index in [9.17, 15) is 0 Å². The average Bonchev–Trinajstić information content (AvgIpc) is 3.74. The van der Waals surface area contributed by atoms with Crippen molar-refractivity contribution in [1.82, 2.24) is 0 Å². The van der Waals surface area contributed by atoms with E-state index in [1.807, 2.05) is 6.07 Å². The summed E-state index contributed by atoms with van der Waals surface area (Å²) >= 11 is 0. The maximum Gasteiger partial charge on any atom is 0.159 e. The summed E-state index contributed by atoms with van der Waals surface area (Å²) in [4.78, 5) is 2.36. The van der Waals surface area contributed by atoms with Crippen LogP contribution in [0.5, 0.6) is 0 Å². The lowest BCUT2D eigenvalue weighted by Crippen LogP contribution is -2.10. The molecule has 0 unspecified atom stereocenters. The molecule has 12 rings (SSSR count). The highest BCUT2D eigenvalue weighted by molar-refractivity contribution is 6.22. The molecule has 0 saturated carbocycles. The van der Waals surface area contributed by atoms with E-state index >= 15 is 0 Å². The van der Waals surface area contributed by atoms with Crippen molar-refractivity contribution in [1.29, 1.82) is 0 Å². The van der Waals surface area contributed by atoms with E-state index in [-0.39, 0.29) is 0 Å². The Hall–Kier alpha value is -8.20. The molecule has 0 aliphatic carbocycles. The van der Waals surface area contributed by atoms with E-state index in [2.05, 4.69) is 235 Å². The lowest BCUT2D eigenvalue weighted by atomic mass is 9.85. The summed E-state index contributed by atoms with van der Waals surface area (Å²) in [5.41, 5.74) is 14.4. The minimum absolute atomic E-state index is 0.855. The Labute approximate surface area is 360 Å². The van der Waals surface area contributed by atoms with Crippen molar-refractivity contribution < 1.29 is 4.42 Å². The molecule has 0 bridgehead atoms. The summed E-state index contributed by atoms with van der Waals surface area (Å²) in [7, 11) is 0. The van der Waals surface area contributed by atoms with Crippen molar-refractivity contribution in [2.75, 3.05) is 4.90 Å². The van der Waals surface area contributed by atoms with E-state index in [4.69, 9.17) is 4.42 Å². The summed E-state index contributed by atoms with van der Waals surface area (Å²) in [5, 5.41) is 9.59. The molecule has 0 N–H and O–H groups in total. The first-order valence-electron chi connectivity index (χ1n) is 21.3. The van der Waals surface area contributed by atoms with Gasteiger partial charge in [0.05, 0.1) is 5.69 Å². The third-order valence-electron chi connectivity index (χ3n) is 12.5. The van der Waals surface area contributed by atoms with E-state index in [1.165, 1.54) is 71.3 Å². The van der Waals surface area contributed by atoms with Crippen LogP contribution in [0.15, 0.2) is 241 Å². The van der Waals surface area contributed by atoms with Gasteiger partial charge in [-0.1, -0.05) is 200 Å². The maximum atomic E-state index is 6.75. The number of anilines is 3. The first-order chi connectivity index (χ1) is 30.8. The quantitative estimate of drug-likeness (QED) is 0.150. The molecule has 0 aliphatic heterocycles. The highest BCUT2D eigenvalue weighted by Gasteiger charge is 2.23. The van der Waals surface area contributed by atoms with Gasteiger partial charge in [0, 0.05) is 22.1 Å². The van der Waals surface area contributed by atoms with Gasteiger partial charge in [0.15, 0.2) is 5.58 Å². The molecule has 12 aromatic rings. The van der Waals surface area contributed by atoms with Crippen LogP contribution in [-0.2, 0) is 0 Å². The van der Waals surface area contributed by atoms with E-state index in [0.717, 1.165) is 44.6 Å². The van der Waals surface area contributed by atoms with Gasteiger partial charge in [-0.25, -0.2) is 0 Å². The monoisotopic (exact) mass is 789 g/mol. The van der Waals surface area contributed by atoms with Gasteiger partial charge >= 0.3 is 0 Å². The number of hydrogen-bond acceptors (Lipinski definition) is 2. The lowest BCUT2D eigenvalue weighted by molar-refractivity contribution is 0.669. The molecule has 2 nitrogen and oxygen atoms in total. The molecule has 290 valence electrons. The van der Waals surface area contributed by atoms with Gasteiger partial charge in [0.1, 0.15) is 5.58 Å². The number of rotatable bonds is 7. The molecule has 0 aliphatic rings. The zero-order chi connectivity index (χ0) is 41.0. The minimum atomic E-state index is 0.855. The SMILES string of the molecule is c1ccc(-c2c(-c3ccccc3)c3cc(N(c4ccc(-c5ccc(-c6cccc7ccccc67)cc5)cc4)c4cccc5c4oc4ccccc45)ccc3c3ccccc23)cc1. The normalized spacial score (nSPS) is 11.5. The van der Waals surface area contributed by atoms with Crippen LogP contribution < -0.4 is 4.90 Å². The molecular formula is C60H39NO. The molecule has 0 atom stereocenters. The number of furan rings is 1. The van der Waals surface area contributed by atoms with Crippen LogP contribution in [0, 0.1) is 0 Å². The number of fused-ring (bicyclic) bond motifs is 7. The first-order valence-corrected chi connectivity index (χ1v) is 21.3. The maximum absolute atomic E-state index is 6.75. The van der Waals surface area contributed by atoms with Crippen molar-refractivity contribution in [3.05, 3.63) is 237 Å². The zero-order valence-electron chi connectivity index (χ0n) is 33.9.